The van der Waals surface area contributed by atoms with E-state index in [9.17, 15) is 5.11 Å². The van der Waals surface area contributed by atoms with Gasteiger partial charge >= 0.3 is 0 Å². The van der Waals surface area contributed by atoms with Crippen LogP contribution in [0.5, 0.6) is 0 Å². The molecule has 0 bridgehead atoms. The molecule has 0 amide bonds. The molecule has 0 aromatic carbocycles. The Kier molecular flexibility index (Phi) is 3.96. The van der Waals surface area contributed by atoms with Gasteiger partial charge in [-0.15, -0.1) is 0 Å². The van der Waals surface area contributed by atoms with Gasteiger partial charge in [-0.25, -0.2) is 4.57 Å². The minimum atomic E-state index is 0.432. The Bertz CT molecular complexity index is 702. The molecule has 2 heterocycles. The van der Waals surface area contributed by atoms with Crippen molar-refractivity contribution in [2.45, 2.75) is 12.8 Å². The minimum Gasteiger partial charge on any atom is -0.507 e. The highest BCUT2D eigenvalue weighted by Gasteiger charge is 2.18. The van der Waals surface area contributed by atoms with Gasteiger partial charge in [-0.3, -0.25) is 0 Å². The number of aliphatic hydroxyl groups excluding tert-OH is 1. The predicted molar refractivity (Wildman–Crippen MR) is 88.6 cm³/mol. The third kappa shape index (κ3) is 3.19. The van der Waals surface area contributed by atoms with Crippen LogP contribution < -0.4 is 4.57 Å². The molecule has 3 nitrogen and oxygen atoms in total. The van der Waals surface area contributed by atoms with E-state index >= 15 is 0 Å². The van der Waals surface area contributed by atoms with Gasteiger partial charge in [0.25, 0.3) is 0 Å². The van der Waals surface area contributed by atoms with Crippen molar-refractivity contribution < 1.29 is 9.67 Å². The zero-order chi connectivity index (χ0) is 15.5. The third-order valence-electron chi connectivity index (χ3n) is 3.96. The molecule has 2 aliphatic rings. The van der Waals surface area contributed by atoms with Crippen LogP contribution in [0, 0.1) is 0 Å². The molecule has 1 aromatic rings. The molecule has 0 spiro atoms. The fraction of sp³-hybridized carbons (Fsp3) is 0.211. The lowest BCUT2D eigenvalue weighted by molar-refractivity contribution is -0.671. The summed E-state index contributed by atoms with van der Waals surface area (Å²) in [6.07, 6.45) is 18.1. The number of rotatable bonds is 2. The molecule has 1 N–H and O–H groups in total. The Balaban J connectivity index is 1.84. The zero-order valence-electron chi connectivity index (χ0n) is 13.0. The predicted octanol–water partition coefficient (Wildman–Crippen LogP) is 3.40. The van der Waals surface area contributed by atoms with E-state index in [1.165, 1.54) is 0 Å². The molecule has 1 aliphatic carbocycles. The fourth-order valence-corrected chi connectivity index (χ4v) is 2.61. The molecular weight excluding hydrogens is 272 g/mol. The second kappa shape index (κ2) is 6.06. The maximum absolute atomic E-state index is 10.5. The van der Waals surface area contributed by atoms with Gasteiger partial charge in [-0.05, 0) is 59.4 Å². The Morgan fingerprint density at radius 2 is 1.77 bits per heavy atom. The number of aryl methyl sites for hydroxylation is 1. The van der Waals surface area contributed by atoms with Gasteiger partial charge in [0, 0.05) is 31.6 Å². The quantitative estimate of drug-likeness (QED) is 0.846. The van der Waals surface area contributed by atoms with Gasteiger partial charge in [0.2, 0.25) is 0 Å². The summed E-state index contributed by atoms with van der Waals surface area (Å²) in [5.74, 6) is 0.432. The summed E-state index contributed by atoms with van der Waals surface area (Å²) in [4.78, 5) is 2.00. The summed E-state index contributed by atoms with van der Waals surface area (Å²) >= 11 is 0. The highest BCUT2D eigenvalue weighted by molar-refractivity contribution is 5.60. The van der Waals surface area contributed by atoms with Crippen LogP contribution in [0.1, 0.15) is 18.4 Å². The summed E-state index contributed by atoms with van der Waals surface area (Å²) < 4.78 is 2.00. The van der Waals surface area contributed by atoms with Gasteiger partial charge in [0.1, 0.15) is 12.8 Å². The monoisotopic (exact) mass is 293 g/mol. The van der Waals surface area contributed by atoms with E-state index < -0.39 is 0 Å². The molecule has 1 aromatic heterocycles. The maximum Gasteiger partial charge on any atom is 0.169 e. The van der Waals surface area contributed by atoms with E-state index in [1.54, 1.807) is 0 Å². The number of aliphatic hydroxyl groups is 1. The Morgan fingerprint density at radius 3 is 2.45 bits per heavy atom. The van der Waals surface area contributed by atoms with Crippen molar-refractivity contribution >= 4 is 6.08 Å². The van der Waals surface area contributed by atoms with Crippen molar-refractivity contribution in [3.8, 4) is 0 Å². The van der Waals surface area contributed by atoms with E-state index in [2.05, 4.69) is 36.4 Å². The van der Waals surface area contributed by atoms with Crippen LogP contribution in [-0.2, 0) is 7.05 Å². The minimum absolute atomic E-state index is 0.432. The molecule has 0 saturated carbocycles. The van der Waals surface area contributed by atoms with Crippen molar-refractivity contribution in [3.63, 3.8) is 0 Å². The zero-order valence-corrected chi connectivity index (χ0v) is 13.0. The summed E-state index contributed by atoms with van der Waals surface area (Å²) in [6, 6.07) is 4.11. The number of hydrogen-bond acceptors (Lipinski definition) is 2. The Labute approximate surface area is 131 Å². The molecule has 22 heavy (non-hydrogen) atoms. The third-order valence-corrected chi connectivity index (χ3v) is 3.96. The number of pyridine rings is 1. The van der Waals surface area contributed by atoms with Gasteiger partial charge in [-0.2, -0.15) is 0 Å². The maximum atomic E-state index is 10.5. The van der Waals surface area contributed by atoms with Crippen molar-refractivity contribution in [3.05, 3.63) is 83.2 Å². The van der Waals surface area contributed by atoms with Gasteiger partial charge in [0.05, 0.1) is 0 Å². The standard InChI is InChI=1S/C19H20N2O/c1-20-9-5-15(6-10-20)13-17-3-4-18(19(17)22)14-16-7-11-21(2)12-8-16/h5-14H,3-4H2,1-2H3/p+1. The first-order valence-electron chi connectivity index (χ1n) is 7.50. The van der Waals surface area contributed by atoms with E-state index in [1.807, 2.05) is 48.4 Å². The molecule has 1 aliphatic heterocycles. The van der Waals surface area contributed by atoms with Crippen LogP contribution in [0.25, 0.3) is 6.08 Å². The molecule has 0 saturated heterocycles. The molecular formula is C19H21N2O+. The average Bonchev–Trinajstić information content (AvgIpc) is 2.85. The highest BCUT2D eigenvalue weighted by Crippen LogP contribution is 2.32. The van der Waals surface area contributed by atoms with Crippen LogP contribution in [0.4, 0.5) is 0 Å². The van der Waals surface area contributed by atoms with E-state index in [4.69, 9.17) is 0 Å². The van der Waals surface area contributed by atoms with E-state index in [-0.39, 0.29) is 0 Å². The Hall–Kier alpha value is -2.55. The van der Waals surface area contributed by atoms with Crippen molar-refractivity contribution in [1.29, 1.82) is 0 Å². The molecule has 0 unspecified atom stereocenters. The largest absolute Gasteiger partial charge is 0.507 e. The normalized spacial score (nSPS) is 19.5. The molecule has 0 atom stereocenters. The van der Waals surface area contributed by atoms with Crippen molar-refractivity contribution in [2.24, 2.45) is 7.05 Å². The Morgan fingerprint density at radius 1 is 1.09 bits per heavy atom. The number of aromatic nitrogens is 1. The first kappa shape index (κ1) is 14.4. The second-order valence-electron chi connectivity index (χ2n) is 5.78. The van der Waals surface area contributed by atoms with E-state index in [0.29, 0.717) is 5.76 Å². The average molecular weight is 293 g/mol. The number of nitrogens with zero attached hydrogens (tertiary/aromatic N) is 2. The van der Waals surface area contributed by atoms with Gasteiger partial charge < -0.3 is 10.0 Å². The lowest BCUT2D eigenvalue weighted by Gasteiger charge is -2.11. The lowest BCUT2D eigenvalue weighted by Crippen LogP contribution is -2.25. The highest BCUT2D eigenvalue weighted by atomic mass is 16.3. The summed E-state index contributed by atoms with van der Waals surface area (Å²) in [6.45, 7) is 0. The second-order valence-corrected chi connectivity index (χ2v) is 5.78. The summed E-state index contributed by atoms with van der Waals surface area (Å²) in [5, 5.41) is 10.5. The van der Waals surface area contributed by atoms with Crippen LogP contribution in [0.2, 0.25) is 0 Å². The summed E-state index contributed by atoms with van der Waals surface area (Å²) in [5.41, 5.74) is 4.27. The smallest absolute Gasteiger partial charge is 0.169 e. The fourth-order valence-electron chi connectivity index (χ4n) is 2.61. The number of allylic oxidation sites excluding steroid dienone is 6. The molecule has 0 radical (unpaired) electrons. The first-order chi connectivity index (χ1) is 10.6. The van der Waals surface area contributed by atoms with Crippen LogP contribution in [0.3, 0.4) is 0 Å². The van der Waals surface area contributed by atoms with Crippen molar-refractivity contribution in [2.75, 3.05) is 7.05 Å². The van der Waals surface area contributed by atoms with Crippen LogP contribution in [0.15, 0.2) is 77.6 Å². The summed E-state index contributed by atoms with van der Waals surface area (Å²) in [7, 11) is 3.99. The van der Waals surface area contributed by atoms with Crippen LogP contribution in [-0.4, -0.2) is 17.1 Å². The van der Waals surface area contributed by atoms with Gasteiger partial charge in [0.15, 0.2) is 12.4 Å². The SMILES string of the molecule is CN1C=CC(=CC2=C(O)C(=Cc3cc[n+](C)cc3)CC2)C=C1. The van der Waals surface area contributed by atoms with E-state index in [0.717, 1.165) is 35.1 Å². The number of hydrogen-bond donors (Lipinski definition) is 1. The van der Waals surface area contributed by atoms with Crippen LogP contribution >= 0.6 is 0 Å². The molecule has 3 rings (SSSR count). The van der Waals surface area contributed by atoms with Gasteiger partial charge in [-0.1, -0.05) is 0 Å². The molecule has 0 fully saturated rings. The van der Waals surface area contributed by atoms with Crippen molar-refractivity contribution in [1.82, 2.24) is 4.90 Å². The topological polar surface area (TPSA) is 27.3 Å². The first-order valence-corrected chi connectivity index (χ1v) is 7.50. The molecule has 3 heteroatoms. The lowest BCUT2D eigenvalue weighted by atomic mass is 10.1. The molecule has 112 valence electrons.